The lowest BCUT2D eigenvalue weighted by Crippen LogP contribution is -2.38. The normalized spacial score (nSPS) is 12.1. The molecule has 0 radical (unpaired) electrons. The molecule has 0 fully saturated rings. The molecule has 0 aromatic rings. The highest BCUT2D eigenvalue weighted by Crippen LogP contribution is 2.16. The van der Waals surface area contributed by atoms with Gasteiger partial charge in [-0.25, -0.2) is 0 Å². The second kappa shape index (κ2) is 4.24. The number of carbonyl (C=O) groups excluding carboxylic acids is 1. The summed E-state index contributed by atoms with van der Waals surface area (Å²) in [7, 11) is 1.67. The first kappa shape index (κ1) is 11.1. The van der Waals surface area contributed by atoms with Gasteiger partial charge in [0.15, 0.2) is 0 Å². The maximum atomic E-state index is 11.6. The molecular weight excluding hydrogens is 152 g/mol. The molecule has 0 unspecified atom stereocenters. The number of nitrogens with zero attached hydrogens (tertiary/aromatic N) is 2. The lowest BCUT2D eigenvalue weighted by Gasteiger charge is -2.24. The molecule has 0 rings (SSSR count). The lowest BCUT2D eigenvalue weighted by molar-refractivity contribution is -0.134. The first-order chi connectivity index (χ1) is 5.43. The molecular formula is C9H18N2O. The number of amides is 1. The Balaban J connectivity index is 4.43. The van der Waals surface area contributed by atoms with E-state index in [0.717, 1.165) is 0 Å². The molecule has 0 aromatic carbocycles. The van der Waals surface area contributed by atoms with Gasteiger partial charge >= 0.3 is 0 Å². The molecule has 0 bridgehead atoms. The number of rotatable bonds is 2. The Kier molecular flexibility index (Phi) is 3.93. The van der Waals surface area contributed by atoms with Crippen LogP contribution in [0.2, 0.25) is 0 Å². The third-order valence-electron chi connectivity index (χ3n) is 1.50. The SMILES string of the molecule is CCN(C=NC)C(=O)C(C)(C)C. The Morgan fingerprint density at radius 3 is 2.25 bits per heavy atom. The highest BCUT2D eigenvalue weighted by Gasteiger charge is 2.25. The van der Waals surface area contributed by atoms with Crippen LogP contribution in [-0.2, 0) is 4.79 Å². The Morgan fingerprint density at radius 1 is 1.50 bits per heavy atom. The van der Waals surface area contributed by atoms with Gasteiger partial charge in [0.2, 0.25) is 5.91 Å². The minimum atomic E-state index is -0.322. The van der Waals surface area contributed by atoms with Crippen molar-refractivity contribution in [3.63, 3.8) is 0 Å². The molecule has 0 aliphatic rings. The average molecular weight is 170 g/mol. The standard InChI is InChI=1S/C9H18N2O/c1-6-11(7-10-5)8(12)9(2,3)4/h7H,6H2,1-5H3. The van der Waals surface area contributed by atoms with E-state index in [0.29, 0.717) is 6.54 Å². The summed E-state index contributed by atoms with van der Waals surface area (Å²) in [6.45, 7) is 8.32. The zero-order chi connectivity index (χ0) is 9.78. The summed E-state index contributed by atoms with van der Waals surface area (Å²) in [5, 5.41) is 0. The van der Waals surface area contributed by atoms with Crippen LogP contribution in [0, 0.1) is 5.41 Å². The van der Waals surface area contributed by atoms with Gasteiger partial charge in [0.1, 0.15) is 0 Å². The van der Waals surface area contributed by atoms with Gasteiger partial charge in [-0.2, -0.15) is 0 Å². The zero-order valence-corrected chi connectivity index (χ0v) is 8.59. The summed E-state index contributed by atoms with van der Waals surface area (Å²) in [6.07, 6.45) is 1.58. The van der Waals surface area contributed by atoms with Gasteiger partial charge in [0.25, 0.3) is 0 Å². The van der Waals surface area contributed by atoms with Crippen LogP contribution >= 0.6 is 0 Å². The van der Waals surface area contributed by atoms with E-state index in [2.05, 4.69) is 4.99 Å². The van der Waals surface area contributed by atoms with Crippen molar-refractivity contribution in [2.75, 3.05) is 13.6 Å². The predicted molar refractivity (Wildman–Crippen MR) is 51.3 cm³/mol. The quantitative estimate of drug-likeness (QED) is 0.457. The Hall–Kier alpha value is -0.860. The van der Waals surface area contributed by atoms with Crippen molar-refractivity contribution in [2.45, 2.75) is 27.7 Å². The number of carbonyl (C=O) groups is 1. The summed E-state index contributed by atoms with van der Waals surface area (Å²) in [6, 6.07) is 0. The molecule has 0 aliphatic carbocycles. The van der Waals surface area contributed by atoms with E-state index in [-0.39, 0.29) is 11.3 Å². The summed E-state index contributed by atoms with van der Waals surface area (Å²) in [5.74, 6) is 0.107. The van der Waals surface area contributed by atoms with Crippen LogP contribution in [-0.4, -0.2) is 30.7 Å². The second-order valence-corrected chi connectivity index (χ2v) is 3.71. The molecule has 0 N–H and O–H groups in total. The van der Waals surface area contributed by atoms with Gasteiger partial charge in [-0.15, -0.1) is 0 Å². The molecule has 0 aliphatic heterocycles. The Morgan fingerprint density at radius 2 is 2.00 bits per heavy atom. The second-order valence-electron chi connectivity index (χ2n) is 3.71. The number of hydrogen-bond acceptors (Lipinski definition) is 2. The molecule has 3 nitrogen and oxygen atoms in total. The van der Waals surface area contributed by atoms with Crippen LogP contribution in [0.4, 0.5) is 0 Å². The van der Waals surface area contributed by atoms with Crippen molar-refractivity contribution in [3.05, 3.63) is 0 Å². The highest BCUT2D eigenvalue weighted by atomic mass is 16.2. The predicted octanol–water partition coefficient (Wildman–Crippen LogP) is 1.54. The third-order valence-corrected chi connectivity index (χ3v) is 1.50. The van der Waals surface area contributed by atoms with E-state index in [4.69, 9.17) is 0 Å². The van der Waals surface area contributed by atoms with Crippen molar-refractivity contribution < 1.29 is 4.79 Å². The molecule has 0 atom stereocenters. The summed E-state index contributed by atoms with van der Waals surface area (Å²) >= 11 is 0. The molecule has 0 aromatic heterocycles. The Labute approximate surface area is 74.5 Å². The molecule has 70 valence electrons. The van der Waals surface area contributed by atoms with Crippen LogP contribution in [0.15, 0.2) is 4.99 Å². The molecule has 1 amide bonds. The monoisotopic (exact) mass is 170 g/mol. The van der Waals surface area contributed by atoms with Gasteiger partial charge in [-0.05, 0) is 6.92 Å². The zero-order valence-electron chi connectivity index (χ0n) is 8.59. The smallest absolute Gasteiger partial charge is 0.233 e. The van der Waals surface area contributed by atoms with Crippen molar-refractivity contribution in [3.8, 4) is 0 Å². The van der Waals surface area contributed by atoms with Crippen molar-refractivity contribution in [1.82, 2.24) is 4.90 Å². The maximum Gasteiger partial charge on any atom is 0.233 e. The van der Waals surface area contributed by atoms with Gasteiger partial charge in [-0.3, -0.25) is 9.79 Å². The maximum absolute atomic E-state index is 11.6. The van der Waals surface area contributed by atoms with Crippen molar-refractivity contribution in [1.29, 1.82) is 0 Å². The molecule has 0 saturated carbocycles. The average Bonchev–Trinajstić information content (AvgIpc) is 1.97. The third kappa shape index (κ3) is 3.03. The van der Waals surface area contributed by atoms with Gasteiger partial charge in [-0.1, -0.05) is 20.8 Å². The van der Waals surface area contributed by atoms with E-state index in [1.165, 1.54) is 0 Å². The van der Waals surface area contributed by atoms with E-state index in [1.807, 2.05) is 27.7 Å². The van der Waals surface area contributed by atoms with E-state index in [1.54, 1.807) is 18.3 Å². The fraction of sp³-hybridized carbons (Fsp3) is 0.778. The van der Waals surface area contributed by atoms with E-state index < -0.39 is 0 Å². The molecule has 3 heteroatoms. The summed E-state index contributed by atoms with van der Waals surface area (Å²) < 4.78 is 0. The van der Waals surface area contributed by atoms with Gasteiger partial charge < -0.3 is 4.90 Å². The van der Waals surface area contributed by atoms with E-state index >= 15 is 0 Å². The van der Waals surface area contributed by atoms with Crippen LogP contribution < -0.4 is 0 Å². The molecule has 0 saturated heterocycles. The summed E-state index contributed by atoms with van der Waals surface area (Å²) in [5.41, 5.74) is -0.322. The largest absolute Gasteiger partial charge is 0.303 e. The van der Waals surface area contributed by atoms with Crippen LogP contribution in [0.5, 0.6) is 0 Å². The molecule has 12 heavy (non-hydrogen) atoms. The first-order valence-corrected chi connectivity index (χ1v) is 4.16. The lowest BCUT2D eigenvalue weighted by atomic mass is 9.95. The fourth-order valence-electron chi connectivity index (χ4n) is 0.848. The molecule has 0 heterocycles. The van der Waals surface area contributed by atoms with Gasteiger partial charge in [0.05, 0.1) is 6.34 Å². The first-order valence-electron chi connectivity index (χ1n) is 4.16. The van der Waals surface area contributed by atoms with E-state index in [9.17, 15) is 4.79 Å². The van der Waals surface area contributed by atoms with Crippen molar-refractivity contribution >= 4 is 12.2 Å². The van der Waals surface area contributed by atoms with Crippen LogP contribution in [0.1, 0.15) is 27.7 Å². The minimum absolute atomic E-state index is 0.107. The Bertz CT molecular complexity index is 179. The van der Waals surface area contributed by atoms with Crippen LogP contribution in [0.3, 0.4) is 0 Å². The topological polar surface area (TPSA) is 32.7 Å². The number of aliphatic imine (C=N–C) groups is 1. The van der Waals surface area contributed by atoms with Crippen molar-refractivity contribution in [2.24, 2.45) is 10.4 Å². The summed E-state index contributed by atoms with van der Waals surface area (Å²) in [4.78, 5) is 17.1. The fourth-order valence-corrected chi connectivity index (χ4v) is 0.848. The molecule has 0 spiro atoms. The highest BCUT2D eigenvalue weighted by molar-refractivity contribution is 5.91. The van der Waals surface area contributed by atoms with Gasteiger partial charge in [0, 0.05) is 19.0 Å². The number of hydrogen-bond donors (Lipinski definition) is 0. The minimum Gasteiger partial charge on any atom is -0.303 e. The van der Waals surface area contributed by atoms with Crippen LogP contribution in [0.25, 0.3) is 0 Å².